The average molecular weight is 291 g/mol. The van der Waals surface area contributed by atoms with Crippen LogP contribution in [0.2, 0.25) is 0 Å². The predicted octanol–water partition coefficient (Wildman–Crippen LogP) is 3.05. The predicted molar refractivity (Wildman–Crippen MR) is 85.5 cm³/mol. The highest BCUT2D eigenvalue weighted by Crippen LogP contribution is 2.34. The topological polar surface area (TPSA) is 47.0 Å². The number of aromatic nitrogens is 2. The molecule has 1 saturated heterocycles. The summed E-state index contributed by atoms with van der Waals surface area (Å²) in [5.74, 6) is 0.864. The lowest BCUT2D eigenvalue weighted by molar-refractivity contribution is 0.00902. The van der Waals surface area contributed by atoms with Crippen LogP contribution >= 0.6 is 0 Å². The molecule has 0 amide bonds. The Bertz CT molecular complexity index is 444. The monoisotopic (exact) mass is 291 g/mol. The van der Waals surface area contributed by atoms with Crippen molar-refractivity contribution in [3.05, 3.63) is 22.8 Å². The molecule has 1 aliphatic heterocycles. The summed E-state index contributed by atoms with van der Waals surface area (Å²) in [6.45, 7) is 11.5. The maximum absolute atomic E-state index is 5.87. The lowest BCUT2D eigenvalue weighted by atomic mass is 10.00. The van der Waals surface area contributed by atoms with Crippen LogP contribution in [-0.4, -0.2) is 29.7 Å². The van der Waals surface area contributed by atoms with Gasteiger partial charge in [-0.15, -0.1) is 0 Å². The van der Waals surface area contributed by atoms with Crippen LogP contribution in [0.25, 0.3) is 0 Å². The fourth-order valence-electron chi connectivity index (χ4n) is 2.99. The zero-order chi connectivity index (χ0) is 15.3. The molecule has 118 valence electrons. The molecule has 0 bridgehead atoms. The molecule has 1 fully saturated rings. The van der Waals surface area contributed by atoms with Gasteiger partial charge >= 0.3 is 0 Å². The van der Waals surface area contributed by atoms with Crippen LogP contribution in [-0.2, 0) is 16.8 Å². The van der Waals surface area contributed by atoms with Crippen molar-refractivity contribution in [3.8, 4) is 0 Å². The molecule has 21 heavy (non-hydrogen) atoms. The van der Waals surface area contributed by atoms with Crippen molar-refractivity contribution in [1.82, 2.24) is 15.3 Å². The third-order valence-corrected chi connectivity index (χ3v) is 4.32. The minimum Gasteiger partial charge on any atom is -0.367 e. The lowest BCUT2D eigenvalue weighted by Crippen LogP contribution is -2.25. The SMILES string of the molecule is CCCNCCCc1c(C)nc(C2(C)CCCO2)nc1C. The molecule has 0 radical (unpaired) electrons. The molecule has 1 N–H and O–H groups in total. The number of nitrogens with one attached hydrogen (secondary N) is 1. The lowest BCUT2D eigenvalue weighted by Gasteiger charge is -2.23. The molecule has 2 heterocycles. The summed E-state index contributed by atoms with van der Waals surface area (Å²) in [7, 11) is 0. The molecule has 4 heteroatoms. The third-order valence-electron chi connectivity index (χ3n) is 4.32. The van der Waals surface area contributed by atoms with Gasteiger partial charge in [0.2, 0.25) is 0 Å². The van der Waals surface area contributed by atoms with E-state index in [2.05, 4.69) is 33.0 Å². The summed E-state index contributed by atoms with van der Waals surface area (Å²) in [6, 6.07) is 0. The van der Waals surface area contributed by atoms with Crippen LogP contribution < -0.4 is 5.32 Å². The first-order valence-corrected chi connectivity index (χ1v) is 8.26. The van der Waals surface area contributed by atoms with E-state index in [-0.39, 0.29) is 5.60 Å². The van der Waals surface area contributed by atoms with Crippen molar-refractivity contribution in [2.45, 2.75) is 65.4 Å². The van der Waals surface area contributed by atoms with Crippen molar-refractivity contribution < 1.29 is 4.74 Å². The second-order valence-corrected chi connectivity index (χ2v) is 6.23. The van der Waals surface area contributed by atoms with Crippen molar-refractivity contribution in [2.75, 3.05) is 19.7 Å². The second kappa shape index (κ2) is 7.32. The molecule has 1 aliphatic rings. The van der Waals surface area contributed by atoms with E-state index in [0.29, 0.717) is 0 Å². The molecule has 2 rings (SSSR count). The van der Waals surface area contributed by atoms with E-state index in [1.54, 1.807) is 0 Å². The van der Waals surface area contributed by atoms with E-state index in [9.17, 15) is 0 Å². The third kappa shape index (κ3) is 4.01. The molecule has 1 unspecified atom stereocenters. The van der Waals surface area contributed by atoms with E-state index >= 15 is 0 Å². The van der Waals surface area contributed by atoms with Gasteiger partial charge in [-0.05, 0) is 71.5 Å². The van der Waals surface area contributed by atoms with Gasteiger partial charge in [0.15, 0.2) is 5.82 Å². The van der Waals surface area contributed by atoms with Gasteiger partial charge in [0.25, 0.3) is 0 Å². The van der Waals surface area contributed by atoms with E-state index in [1.165, 1.54) is 12.0 Å². The van der Waals surface area contributed by atoms with Crippen molar-refractivity contribution in [1.29, 1.82) is 0 Å². The van der Waals surface area contributed by atoms with Crippen LogP contribution in [0.5, 0.6) is 0 Å². The van der Waals surface area contributed by atoms with Gasteiger partial charge < -0.3 is 10.1 Å². The molecular formula is C17H29N3O. The number of hydrogen-bond donors (Lipinski definition) is 1. The quantitative estimate of drug-likeness (QED) is 0.784. The Morgan fingerprint density at radius 3 is 2.48 bits per heavy atom. The zero-order valence-electron chi connectivity index (χ0n) is 14.0. The average Bonchev–Trinajstić information content (AvgIpc) is 2.89. The van der Waals surface area contributed by atoms with Crippen molar-refractivity contribution in [3.63, 3.8) is 0 Å². The second-order valence-electron chi connectivity index (χ2n) is 6.23. The Morgan fingerprint density at radius 1 is 1.19 bits per heavy atom. The molecule has 4 nitrogen and oxygen atoms in total. The van der Waals surface area contributed by atoms with Crippen LogP contribution in [0.3, 0.4) is 0 Å². The Labute approximate surface area is 128 Å². The number of rotatable bonds is 7. The van der Waals surface area contributed by atoms with Gasteiger partial charge in [0, 0.05) is 18.0 Å². The summed E-state index contributed by atoms with van der Waals surface area (Å²) in [5, 5.41) is 3.45. The normalized spacial score (nSPS) is 21.9. The molecule has 0 spiro atoms. The number of aryl methyl sites for hydroxylation is 2. The molecule has 0 aliphatic carbocycles. The molecule has 1 aromatic rings. The smallest absolute Gasteiger partial charge is 0.160 e. The number of ether oxygens (including phenoxy) is 1. The van der Waals surface area contributed by atoms with E-state index in [1.807, 2.05) is 0 Å². The molecular weight excluding hydrogens is 262 g/mol. The summed E-state index contributed by atoms with van der Waals surface area (Å²) < 4.78 is 5.87. The first-order valence-electron chi connectivity index (χ1n) is 8.26. The van der Waals surface area contributed by atoms with E-state index < -0.39 is 0 Å². The standard InChI is InChI=1S/C17H29N3O/c1-5-10-18-11-6-8-15-13(2)19-16(20-14(15)3)17(4)9-7-12-21-17/h18H,5-12H2,1-4H3. The van der Waals surface area contributed by atoms with Gasteiger partial charge in [-0.1, -0.05) is 6.92 Å². The number of nitrogens with zero attached hydrogens (tertiary/aromatic N) is 2. The first-order chi connectivity index (χ1) is 10.1. The summed E-state index contributed by atoms with van der Waals surface area (Å²) in [6.07, 6.45) is 5.49. The fraction of sp³-hybridized carbons (Fsp3) is 0.765. The minimum absolute atomic E-state index is 0.281. The Morgan fingerprint density at radius 2 is 1.90 bits per heavy atom. The summed E-state index contributed by atoms with van der Waals surface area (Å²) >= 11 is 0. The van der Waals surface area contributed by atoms with Gasteiger partial charge in [-0.3, -0.25) is 0 Å². The van der Waals surface area contributed by atoms with Crippen molar-refractivity contribution >= 4 is 0 Å². The molecule has 1 atom stereocenters. The maximum Gasteiger partial charge on any atom is 0.160 e. The van der Waals surface area contributed by atoms with Crippen LogP contribution in [0.1, 0.15) is 62.3 Å². The highest BCUT2D eigenvalue weighted by atomic mass is 16.5. The minimum atomic E-state index is -0.281. The highest BCUT2D eigenvalue weighted by molar-refractivity contribution is 5.26. The van der Waals surface area contributed by atoms with E-state index in [0.717, 1.165) is 62.6 Å². The van der Waals surface area contributed by atoms with E-state index in [4.69, 9.17) is 14.7 Å². The maximum atomic E-state index is 5.87. The Kier molecular flexibility index (Phi) is 5.71. The van der Waals surface area contributed by atoms with Gasteiger partial charge in [0.05, 0.1) is 0 Å². The largest absolute Gasteiger partial charge is 0.367 e. The summed E-state index contributed by atoms with van der Waals surface area (Å²) in [5.41, 5.74) is 3.25. The Balaban J connectivity index is 2.03. The van der Waals surface area contributed by atoms with Crippen LogP contribution in [0, 0.1) is 13.8 Å². The fourth-order valence-corrected chi connectivity index (χ4v) is 2.99. The zero-order valence-corrected chi connectivity index (χ0v) is 14.0. The molecule has 0 saturated carbocycles. The Hall–Kier alpha value is -1.00. The molecule has 1 aromatic heterocycles. The van der Waals surface area contributed by atoms with Gasteiger partial charge in [-0.25, -0.2) is 9.97 Å². The number of hydrogen-bond acceptors (Lipinski definition) is 4. The summed E-state index contributed by atoms with van der Waals surface area (Å²) in [4.78, 5) is 9.49. The first kappa shape index (κ1) is 16.4. The van der Waals surface area contributed by atoms with Crippen molar-refractivity contribution in [2.24, 2.45) is 0 Å². The van der Waals surface area contributed by atoms with Crippen LogP contribution in [0.15, 0.2) is 0 Å². The van der Waals surface area contributed by atoms with Crippen LogP contribution in [0.4, 0.5) is 0 Å². The highest BCUT2D eigenvalue weighted by Gasteiger charge is 2.35. The van der Waals surface area contributed by atoms with Gasteiger partial charge in [-0.2, -0.15) is 0 Å². The van der Waals surface area contributed by atoms with Gasteiger partial charge in [0.1, 0.15) is 5.60 Å². The molecule has 0 aromatic carbocycles.